The first-order valence-electron chi connectivity index (χ1n) is 7.87. The average molecular weight is 352 g/mol. The minimum atomic E-state index is -3.74. The van der Waals surface area contributed by atoms with Crippen molar-refractivity contribution in [3.05, 3.63) is 42.0 Å². The highest BCUT2D eigenvalue weighted by Crippen LogP contribution is 2.26. The molecule has 0 amide bonds. The molecule has 6 nitrogen and oxygen atoms in total. The molecule has 0 bridgehead atoms. The smallest absolute Gasteiger partial charge is 0.243 e. The molecule has 130 valence electrons. The number of nitrogens with zero attached hydrogens (tertiary/aromatic N) is 3. The number of sulfonamides is 1. The maximum atomic E-state index is 14.4. The number of benzene rings is 1. The van der Waals surface area contributed by atoms with Gasteiger partial charge in [-0.2, -0.15) is 9.40 Å². The highest BCUT2D eigenvalue weighted by atomic mass is 32.2. The van der Waals surface area contributed by atoms with E-state index in [2.05, 4.69) is 5.10 Å². The summed E-state index contributed by atoms with van der Waals surface area (Å²) in [5.41, 5.74) is 7.00. The van der Waals surface area contributed by atoms with Gasteiger partial charge >= 0.3 is 0 Å². The zero-order valence-electron chi connectivity index (χ0n) is 13.7. The molecule has 0 unspecified atom stereocenters. The van der Waals surface area contributed by atoms with Crippen LogP contribution in [0.25, 0.3) is 5.69 Å². The van der Waals surface area contributed by atoms with Gasteiger partial charge in [-0.3, -0.25) is 0 Å². The Morgan fingerprint density at radius 2 is 2.12 bits per heavy atom. The maximum absolute atomic E-state index is 14.4. The lowest BCUT2D eigenvalue weighted by molar-refractivity contribution is 0.247. The van der Waals surface area contributed by atoms with Gasteiger partial charge < -0.3 is 5.73 Å². The fraction of sp³-hybridized carbons (Fsp3) is 0.438. The van der Waals surface area contributed by atoms with E-state index in [1.807, 2.05) is 13.8 Å². The Balaban J connectivity index is 1.93. The summed E-state index contributed by atoms with van der Waals surface area (Å²) in [6.45, 7) is 4.03. The molecule has 1 fully saturated rings. The molecular formula is C16H21FN4O2S. The molecule has 0 spiro atoms. The maximum Gasteiger partial charge on any atom is 0.243 e. The second-order valence-corrected chi connectivity index (χ2v) is 8.22. The number of hydrogen-bond donors (Lipinski definition) is 1. The lowest BCUT2D eigenvalue weighted by Crippen LogP contribution is -2.48. The molecule has 1 saturated heterocycles. The summed E-state index contributed by atoms with van der Waals surface area (Å²) in [7, 11) is -3.74. The summed E-state index contributed by atoms with van der Waals surface area (Å²) < 4.78 is 42.8. The molecule has 0 aliphatic carbocycles. The van der Waals surface area contributed by atoms with Crippen LogP contribution in [0.4, 0.5) is 4.39 Å². The van der Waals surface area contributed by atoms with Crippen LogP contribution in [0.1, 0.15) is 25.3 Å². The topological polar surface area (TPSA) is 81.2 Å². The van der Waals surface area contributed by atoms with E-state index in [9.17, 15) is 12.8 Å². The Morgan fingerprint density at radius 3 is 2.71 bits per heavy atom. The van der Waals surface area contributed by atoms with Gasteiger partial charge in [-0.25, -0.2) is 17.5 Å². The van der Waals surface area contributed by atoms with Gasteiger partial charge in [-0.1, -0.05) is 0 Å². The van der Waals surface area contributed by atoms with Crippen LogP contribution >= 0.6 is 0 Å². The number of aromatic nitrogens is 2. The fourth-order valence-corrected chi connectivity index (χ4v) is 4.73. The molecule has 1 aromatic heterocycles. The normalized spacial score (nSPS) is 22.7. The number of aryl methyl sites for hydroxylation is 1. The molecule has 0 saturated carbocycles. The van der Waals surface area contributed by atoms with Crippen LogP contribution in [-0.2, 0) is 10.0 Å². The van der Waals surface area contributed by atoms with Crippen molar-refractivity contribution in [1.82, 2.24) is 14.1 Å². The van der Waals surface area contributed by atoms with Gasteiger partial charge in [0.2, 0.25) is 10.0 Å². The van der Waals surface area contributed by atoms with E-state index >= 15 is 0 Å². The summed E-state index contributed by atoms with van der Waals surface area (Å²) in [6.07, 6.45) is 4.51. The van der Waals surface area contributed by atoms with Crippen molar-refractivity contribution >= 4 is 10.0 Å². The molecule has 0 radical (unpaired) electrons. The molecular weight excluding hydrogens is 331 g/mol. The van der Waals surface area contributed by atoms with Crippen molar-refractivity contribution < 1.29 is 12.8 Å². The number of hydrogen-bond acceptors (Lipinski definition) is 4. The van der Waals surface area contributed by atoms with Gasteiger partial charge in [0.1, 0.15) is 11.5 Å². The highest BCUT2D eigenvalue weighted by molar-refractivity contribution is 7.89. The molecule has 24 heavy (non-hydrogen) atoms. The van der Waals surface area contributed by atoms with E-state index in [4.69, 9.17) is 5.73 Å². The van der Waals surface area contributed by atoms with E-state index in [1.165, 1.54) is 21.1 Å². The van der Waals surface area contributed by atoms with Crippen LogP contribution in [0.5, 0.6) is 0 Å². The van der Waals surface area contributed by atoms with Crippen molar-refractivity contribution in [3.63, 3.8) is 0 Å². The van der Waals surface area contributed by atoms with Crippen LogP contribution in [-0.4, -0.2) is 41.1 Å². The number of halogens is 1. The SMILES string of the molecule is Cc1cnn(-c2ccc(S(=O)(=O)N3CC[C@H](N)C[C@@H]3C)cc2F)c1. The minimum absolute atomic E-state index is 0.00798. The van der Waals surface area contributed by atoms with Gasteiger partial charge in [0.15, 0.2) is 0 Å². The molecule has 2 N–H and O–H groups in total. The van der Waals surface area contributed by atoms with Crippen molar-refractivity contribution in [2.45, 2.75) is 43.7 Å². The predicted octanol–water partition coefficient (Wildman–Crippen LogP) is 1.82. The minimum Gasteiger partial charge on any atom is -0.328 e. The molecule has 2 atom stereocenters. The molecule has 1 aromatic carbocycles. The number of piperidine rings is 1. The Labute approximate surface area is 141 Å². The van der Waals surface area contributed by atoms with Crippen molar-refractivity contribution in [1.29, 1.82) is 0 Å². The Kier molecular flexibility index (Phi) is 4.46. The third-order valence-corrected chi connectivity index (χ3v) is 6.35. The van der Waals surface area contributed by atoms with Crippen molar-refractivity contribution in [2.75, 3.05) is 6.54 Å². The number of nitrogens with two attached hydrogens (primary N) is 1. The third-order valence-electron chi connectivity index (χ3n) is 4.34. The van der Waals surface area contributed by atoms with Crippen LogP contribution in [0.15, 0.2) is 35.5 Å². The van der Waals surface area contributed by atoms with Crippen LogP contribution in [0.3, 0.4) is 0 Å². The van der Waals surface area contributed by atoms with Crippen LogP contribution in [0.2, 0.25) is 0 Å². The predicted molar refractivity (Wildman–Crippen MR) is 88.8 cm³/mol. The van der Waals surface area contributed by atoms with Gasteiger partial charge in [-0.05, 0) is 50.5 Å². The Morgan fingerprint density at radius 1 is 1.38 bits per heavy atom. The van der Waals surface area contributed by atoms with Gasteiger partial charge in [0, 0.05) is 24.8 Å². The zero-order valence-corrected chi connectivity index (χ0v) is 14.5. The summed E-state index contributed by atoms with van der Waals surface area (Å²) in [4.78, 5) is -0.0463. The summed E-state index contributed by atoms with van der Waals surface area (Å²) in [5.74, 6) is -0.625. The Hall–Kier alpha value is -1.77. The van der Waals surface area contributed by atoms with E-state index in [0.29, 0.717) is 19.4 Å². The fourth-order valence-electron chi connectivity index (χ4n) is 3.06. The first kappa shape index (κ1) is 17.1. The summed E-state index contributed by atoms with van der Waals surface area (Å²) >= 11 is 0. The first-order valence-corrected chi connectivity index (χ1v) is 9.31. The average Bonchev–Trinajstić information content (AvgIpc) is 2.93. The quantitative estimate of drug-likeness (QED) is 0.914. The van der Waals surface area contributed by atoms with Gasteiger partial charge in [0.05, 0.1) is 11.1 Å². The van der Waals surface area contributed by atoms with Crippen molar-refractivity contribution in [3.8, 4) is 5.69 Å². The summed E-state index contributed by atoms with van der Waals surface area (Å²) in [6, 6.07) is 3.73. The molecule has 2 aromatic rings. The van der Waals surface area contributed by atoms with E-state index < -0.39 is 15.8 Å². The largest absolute Gasteiger partial charge is 0.328 e. The molecule has 3 rings (SSSR count). The van der Waals surface area contributed by atoms with E-state index in [1.54, 1.807) is 12.4 Å². The highest BCUT2D eigenvalue weighted by Gasteiger charge is 2.33. The van der Waals surface area contributed by atoms with Crippen LogP contribution < -0.4 is 5.73 Å². The summed E-state index contributed by atoms with van der Waals surface area (Å²) in [5, 5.41) is 4.05. The van der Waals surface area contributed by atoms with E-state index in [-0.39, 0.29) is 22.7 Å². The van der Waals surface area contributed by atoms with Gasteiger partial charge in [0.25, 0.3) is 0 Å². The second kappa shape index (κ2) is 6.27. The first-order chi connectivity index (χ1) is 11.3. The Bertz CT molecular complexity index is 850. The lowest BCUT2D eigenvalue weighted by Gasteiger charge is -2.35. The monoisotopic (exact) mass is 352 g/mol. The third kappa shape index (κ3) is 3.09. The van der Waals surface area contributed by atoms with Crippen LogP contribution in [0, 0.1) is 12.7 Å². The second-order valence-electron chi connectivity index (χ2n) is 6.32. The lowest BCUT2D eigenvalue weighted by atomic mass is 10.0. The standard InChI is InChI=1S/C16H21FN4O2S/c1-11-9-19-20(10-11)16-4-3-14(8-15(16)17)24(22,23)21-6-5-13(18)7-12(21)2/h3-4,8-10,12-13H,5-7,18H2,1-2H3/t12-,13-/m0/s1. The molecule has 2 heterocycles. The molecule has 1 aliphatic rings. The van der Waals surface area contributed by atoms with E-state index in [0.717, 1.165) is 11.6 Å². The number of rotatable bonds is 3. The molecule has 8 heteroatoms. The van der Waals surface area contributed by atoms with Crippen molar-refractivity contribution in [2.24, 2.45) is 5.73 Å². The molecule has 1 aliphatic heterocycles. The zero-order chi connectivity index (χ0) is 17.5. The van der Waals surface area contributed by atoms with Gasteiger partial charge in [-0.15, -0.1) is 0 Å².